The third-order valence-corrected chi connectivity index (χ3v) is 23.5. The van der Waals surface area contributed by atoms with Crippen LogP contribution in [0.25, 0.3) is 33.4 Å². The van der Waals surface area contributed by atoms with E-state index in [0.29, 0.717) is 0 Å². The number of hydrogen-bond acceptors (Lipinski definition) is 0. The van der Waals surface area contributed by atoms with Gasteiger partial charge in [0.25, 0.3) is 0 Å². The molecular formula is C54H54Cl2Zr. The molecule has 0 amide bonds. The fourth-order valence-corrected chi connectivity index (χ4v) is 21.7. The first kappa shape index (κ1) is 42.6. The zero-order chi connectivity index (χ0) is 38.5. The van der Waals surface area contributed by atoms with E-state index < -0.39 is 19.3 Å². The van der Waals surface area contributed by atoms with Gasteiger partial charge in [0.2, 0.25) is 0 Å². The van der Waals surface area contributed by atoms with Crippen molar-refractivity contribution in [2.24, 2.45) is 0 Å². The molecule has 0 aliphatic heterocycles. The van der Waals surface area contributed by atoms with Crippen LogP contribution in [0.2, 0.25) is 0 Å². The van der Waals surface area contributed by atoms with Crippen molar-refractivity contribution in [3.63, 3.8) is 0 Å². The summed E-state index contributed by atoms with van der Waals surface area (Å²) in [5.74, 6) is 0. The molecule has 2 aliphatic carbocycles. The Kier molecular flexibility index (Phi) is 12.5. The molecular weight excluding hydrogens is 811 g/mol. The Hall–Kier alpha value is -4.00. The van der Waals surface area contributed by atoms with Crippen LogP contribution in [-0.4, -0.2) is 7.42 Å². The molecule has 6 aromatic carbocycles. The Morgan fingerprint density at radius 3 is 1.25 bits per heavy atom. The van der Waals surface area contributed by atoms with Gasteiger partial charge in [0.1, 0.15) is 0 Å². The second-order valence-electron chi connectivity index (χ2n) is 18.0. The summed E-state index contributed by atoms with van der Waals surface area (Å²) in [6.45, 7) is 18.9. The third-order valence-electron chi connectivity index (χ3n) is 12.0. The van der Waals surface area contributed by atoms with E-state index in [1.165, 1.54) is 77.9 Å². The molecule has 0 saturated heterocycles. The Balaban J connectivity index is 0.00000275. The molecule has 57 heavy (non-hydrogen) atoms. The Bertz CT molecular complexity index is 2420. The molecule has 6 aromatic rings. The smallest absolute Gasteiger partial charge is 1.00 e. The van der Waals surface area contributed by atoms with Gasteiger partial charge in [-0.25, -0.2) is 0 Å². The maximum atomic E-state index is 2.80. The van der Waals surface area contributed by atoms with Gasteiger partial charge in [-0.1, -0.05) is 0 Å². The fraction of sp³-hybridized carbons (Fsp3) is 0.222. The Labute approximate surface area is 358 Å². The maximum absolute atomic E-state index is 3.89. The second kappa shape index (κ2) is 16.7. The van der Waals surface area contributed by atoms with Crippen molar-refractivity contribution >= 4 is 7.42 Å². The molecule has 3 heteroatoms. The van der Waals surface area contributed by atoms with Gasteiger partial charge < -0.3 is 24.8 Å². The van der Waals surface area contributed by atoms with Crippen molar-refractivity contribution in [1.29, 1.82) is 0 Å². The van der Waals surface area contributed by atoms with Crippen LogP contribution in [-0.2, 0) is 30.1 Å². The summed E-state index contributed by atoms with van der Waals surface area (Å²) in [4.78, 5) is 0. The molecule has 0 atom stereocenters. The average molecular weight is 865 g/mol. The number of halogens is 2. The van der Waals surface area contributed by atoms with Crippen LogP contribution >= 0.6 is 0 Å². The van der Waals surface area contributed by atoms with Gasteiger partial charge in [0, 0.05) is 0 Å². The average Bonchev–Trinajstić information content (AvgIpc) is 3.82. The van der Waals surface area contributed by atoms with Crippen molar-refractivity contribution in [3.05, 3.63) is 199 Å². The van der Waals surface area contributed by atoms with Crippen LogP contribution in [0.4, 0.5) is 0 Å². The number of rotatable bonds is 6. The summed E-state index contributed by atoms with van der Waals surface area (Å²) in [5.41, 5.74) is 19.4. The number of aryl methyl sites for hydroxylation is 2. The number of benzene rings is 6. The summed E-state index contributed by atoms with van der Waals surface area (Å²) >= 11 is -3.89. The van der Waals surface area contributed by atoms with Gasteiger partial charge >= 0.3 is 336 Å². The molecule has 288 valence electrons. The van der Waals surface area contributed by atoms with Gasteiger partial charge in [-0.05, 0) is 0 Å². The van der Waals surface area contributed by atoms with Gasteiger partial charge in [-0.15, -0.1) is 0 Å². The molecule has 2 aliphatic rings. The fourth-order valence-electron chi connectivity index (χ4n) is 9.41. The van der Waals surface area contributed by atoms with Crippen molar-refractivity contribution in [2.45, 2.75) is 76.3 Å². The SMILES string of the molecule is Cc1cc2c(cc1C(C)(C)C)-c1cc(C(C)(C)C)c(C)cc1[CH]2[Zr+2](=[CH]c1ccc(-c2ccccc2)cc1)(=[CH]c1ccc(-c2ccccc2)cc1)[C]1=CC=CC1.[Cl-].[Cl-]. The standard InChI is InChI=1S/C23H29.2C13H10.C5H5.2ClH.Zr/c1-14-9-16-11-17-10-15(2)21(23(6,7)8)13-19(17)18(16)12-20(14)22(3,4)5;2*1-11-7-9-13(10-8-11)12-5-3-2-4-6-12;1-2-4-5-3-1;;;/h9-13H,1-8H3;2*1-10H;1-3H,4H2;2*1H;/q;;;;;;+2/p-2. The van der Waals surface area contributed by atoms with Crippen molar-refractivity contribution in [2.75, 3.05) is 0 Å². The molecule has 0 aromatic heterocycles. The van der Waals surface area contributed by atoms with E-state index in [0.717, 1.165) is 6.42 Å². The topological polar surface area (TPSA) is 0 Å². The van der Waals surface area contributed by atoms with Crippen molar-refractivity contribution < 1.29 is 44.1 Å². The molecule has 0 unspecified atom stereocenters. The molecule has 0 radical (unpaired) electrons. The van der Waals surface area contributed by atoms with E-state index in [-0.39, 0.29) is 39.3 Å². The molecule has 8 rings (SSSR count). The summed E-state index contributed by atoms with van der Waals surface area (Å²) in [6, 6.07) is 50.7. The number of hydrogen-bond donors (Lipinski definition) is 0. The first-order chi connectivity index (χ1) is 26.3. The van der Waals surface area contributed by atoms with E-state index in [2.05, 4.69) is 214 Å². The maximum Gasteiger partial charge on any atom is -1.00 e. The molecule has 0 N–H and O–H groups in total. The molecule has 0 saturated carbocycles. The molecule has 0 fully saturated rings. The van der Waals surface area contributed by atoms with Crippen LogP contribution in [0.15, 0.2) is 155 Å². The molecule has 0 spiro atoms. The van der Waals surface area contributed by atoms with E-state index in [1.807, 2.05) is 0 Å². The zero-order valence-corrected chi connectivity index (χ0v) is 38.6. The van der Waals surface area contributed by atoms with Crippen LogP contribution in [0.1, 0.15) is 96.1 Å². The monoisotopic (exact) mass is 862 g/mol. The van der Waals surface area contributed by atoms with Gasteiger partial charge in [-0.3, -0.25) is 0 Å². The van der Waals surface area contributed by atoms with Gasteiger partial charge in [0.05, 0.1) is 0 Å². The second-order valence-corrected chi connectivity index (χ2v) is 27.0. The minimum atomic E-state index is -3.89. The minimum absolute atomic E-state index is 0. The third kappa shape index (κ3) is 8.32. The predicted octanol–water partition coefficient (Wildman–Crippen LogP) is 8.01. The number of allylic oxidation sites excluding steroid dienone is 4. The zero-order valence-electron chi connectivity index (χ0n) is 34.6. The van der Waals surface area contributed by atoms with Crippen molar-refractivity contribution in [3.8, 4) is 33.4 Å². The summed E-state index contributed by atoms with van der Waals surface area (Å²) in [6.07, 6.45) is 8.20. The summed E-state index contributed by atoms with van der Waals surface area (Å²) in [7, 11) is 0. The van der Waals surface area contributed by atoms with Crippen LogP contribution in [0.5, 0.6) is 0 Å². The molecule has 0 heterocycles. The van der Waals surface area contributed by atoms with Crippen LogP contribution in [0, 0.1) is 13.8 Å². The predicted molar refractivity (Wildman–Crippen MR) is 237 cm³/mol. The normalized spacial score (nSPS) is 13.0. The van der Waals surface area contributed by atoms with Gasteiger partial charge in [-0.2, -0.15) is 0 Å². The Morgan fingerprint density at radius 1 is 0.509 bits per heavy atom. The molecule has 0 bridgehead atoms. The van der Waals surface area contributed by atoms with Gasteiger partial charge in [0.15, 0.2) is 0 Å². The Morgan fingerprint density at radius 2 is 0.895 bits per heavy atom. The number of fused-ring (bicyclic) bond motifs is 3. The van der Waals surface area contributed by atoms with Crippen LogP contribution in [0.3, 0.4) is 0 Å². The van der Waals surface area contributed by atoms with E-state index in [9.17, 15) is 0 Å². The van der Waals surface area contributed by atoms with E-state index in [1.54, 1.807) is 3.28 Å². The van der Waals surface area contributed by atoms with E-state index in [4.69, 9.17) is 0 Å². The van der Waals surface area contributed by atoms with Crippen LogP contribution < -0.4 is 24.8 Å². The summed E-state index contributed by atoms with van der Waals surface area (Å²) < 4.78 is 7.52. The van der Waals surface area contributed by atoms with Crippen molar-refractivity contribution in [1.82, 2.24) is 0 Å². The first-order valence-electron chi connectivity index (χ1n) is 20.0. The summed E-state index contributed by atoms with van der Waals surface area (Å²) in [5, 5.41) is 0. The largest absolute Gasteiger partial charge is 1.00 e. The van der Waals surface area contributed by atoms with E-state index >= 15 is 0 Å². The first-order valence-corrected chi connectivity index (χ1v) is 25.5. The molecule has 0 nitrogen and oxygen atoms in total. The quantitative estimate of drug-likeness (QED) is 0.159. The minimum Gasteiger partial charge on any atom is -1.00 e.